The lowest BCUT2D eigenvalue weighted by Crippen LogP contribution is -2.35. The van der Waals surface area contributed by atoms with Crippen LogP contribution in [0.15, 0.2) is 52.3 Å². The maximum Gasteiger partial charge on any atom is 0.255 e. The largest absolute Gasteiger partial charge is 0.310 e. The minimum atomic E-state index is 0.0197. The van der Waals surface area contributed by atoms with Gasteiger partial charge in [0.15, 0.2) is 0 Å². The molecule has 2 aromatic heterocycles. The first kappa shape index (κ1) is 20.8. The van der Waals surface area contributed by atoms with E-state index in [9.17, 15) is 4.79 Å². The molecule has 30 heavy (non-hydrogen) atoms. The molecule has 0 saturated heterocycles. The number of pyridine rings is 1. The summed E-state index contributed by atoms with van der Waals surface area (Å²) in [6.07, 6.45) is 4.58. The lowest BCUT2D eigenvalue weighted by atomic mass is 10.1. The average Bonchev–Trinajstić information content (AvgIpc) is 2.76. The second-order valence-corrected chi connectivity index (χ2v) is 9.00. The zero-order chi connectivity index (χ0) is 20.9. The molecule has 3 aromatic rings. The second-order valence-electron chi connectivity index (χ2n) is 7.66. The van der Waals surface area contributed by atoms with Crippen molar-refractivity contribution in [1.82, 2.24) is 19.9 Å². The summed E-state index contributed by atoms with van der Waals surface area (Å²) in [5, 5.41) is 0. The van der Waals surface area contributed by atoms with E-state index in [0.29, 0.717) is 6.54 Å². The van der Waals surface area contributed by atoms with Crippen LogP contribution in [-0.2, 0) is 25.9 Å². The molecule has 3 heterocycles. The van der Waals surface area contributed by atoms with Crippen molar-refractivity contribution in [2.75, 3.05) is 12.3 Å². The summed E-state index contributed by atoms with van der Waals surface area (Å²) in [5.74, 6) is 1.89. The van der Waals surface area contributed by atoms with E-state index in [1.54, 1.807) is 0 Å². The highest BCUT2D eigenvalue weighted by Crippen LogP contribution is 2.23. The average molecular weight is 421 g/mol. The Morgan fingerprint density at radius 3 is 2.67 bits per heavy atom. The third-order valence-electron chi connectivity index (χ3n) is 5.38. The number of H-pyrrole nitrogens is 1. The highest BCUT2D eigenvalue weighted by atomic mass is 32.2. The van der Waals surface area contributed by atoms with Gasteiger partial charge >= 0.3 is 0 Å². The smallest absolute Gasteiger partial charge is 0.255 e. The van der Waals surface area contributed by atoms with Crippen molar-refractivity contribution in [2.24, 2.45) is 0 Å². The Labute approximate surface area is 182 Å². The van der Waals surface area contributed by atoms with Gasteiger partial charge in [0.25, 0.3) is 5.56 Å². The van der Waals surface area contributed by atoms with Crippen LogP contribution in [0.2, 0.25) is 0 Å². The third-order valence-corrected chi connectivity index (χ3v) is 6.27. The summed E-state index contributed by atoms with van der Waals surface area (Å²) < 4.78 is 0. The van der Waals surface area contributed by atoms with Crippen molar-refractivity contribution in [2.45, 2.75) is 51.1 Å². The van der Waals surface area contributed by atoms with E-state index >= 15 is 0 Å². The first-order valence-electron chi connectivity index (χ1n) is 10.7. The quantitative estimate of drug-likeness (QED) is 0.572. The van der Waals surface area contributed by atoms with Gasteiger partial charge in [-0.05, 0) is 35.9 Å². The molecule has 0 unspecified atom stereocenters. The number of hydrogen-bond acceptors (Lipinski definition) is 5. The SMILES string of the molecule is CCCc1nc2c(c(=O)[nH]1)CN(Cc1ccc(-c3ccc(SCC)cc3)nc1)CC2. The van der Waals surface area contributed by atoms with Crippen LogP contribution in [0.5, 0.6) is 0 Å². The van der Waals surface area contributed by atoms with Crippen LogP contribution in [0.1, 0.15) is 42.9 Å². The van der Waals surface area contributed by atoms with Gasteiger partial charge in [0, 0.05) is 49.1 Å². The van der Waals surface area contributed by atoms with Crippen LogP contribution in [0, 0.1) is 0 Å². The summed E-state index contributed by atoms with van der Waals surface area (Å²) in [5.41, 5.74) is 5.08. The Morgan fingerprint density at radius 1 is 1.13 bits per heavy atom. The lowest BCUT2D eigenvalue weighted by molar-refractivity contribution is 0.241. The maximum atomic E-state index is 12.5. The Kier molecular flexibility index (Phi) is 6.65. The zero-order valence-electron chi connectivity index (χ0n) is 17.6. The van der Waals surface area contributed by atoms with Crippen LogP contribution in [-0.4, -0.2) is 32.1 Å². The molecule has 1 aromatic carbocycles. The van der Waals surface area contributed by atoms with E-state index in [-0.39, 0.29) is 5.56 Å². The van der Waals surface area contributed by atoms with Gasteiger partial charge in [-0.15, -0.1) is 11.8 Å². The first-order valence-corrected chi connectivity index (χ1v) is 11.7. The Hall–Kier alpha value is -2.44. The van der Waals surface area contributed by atoms with Gasteiger partial charge in [-0.25, -0.2) is 4.98 Å². The van der Waals surface area contributed by atoms with Crippen molar-refractivity contribution in [3.05, 3.63) is 75.6 Å². The molecule has 0 atom stereocenters. The van der Waals surface area contributed by atoms with Gasteiger partial charge in [-0.1, -0.05) is 32.0 Å². The van der Waals surface area contributed by atoms with Gasteiger partial charge < -0.3 is 4.98 Å². The number of nitrogens with zero attached hydrogens (tertiary/aromatic N) is 3. The normalized spacial score (nSPS) is 13.9. The predicted octanol–water partition coefficient (Wildman–Crippen LogP) is 4.45. The van der Waals surface area contributed by atoms with E-state index < -0.39 is 0 Å². The molecule has 4 rings (SSSR count). The van der Waals surface area contributed by atoms with Crippen molar-refractivity contribution in [3.63, 3.8) is 0 Å². The fourth-order valence-electron chi connectivity index (χ4n) is 3.86. The molecule has 5 nitrogen and oxygen atoms in total. The monoisotopic (exact) mass is 420 g/mol. The number of aromatic amines is 1. The van der Waals surface area contributed by atoms with Gasteiger partial charge in [0.05, 0.1) is 17.0 Å². The highest BCUT2D eigenvalue weighted by molar-refractivity contribution is 7.99. The Bertz CT molecular complexity index is 1040. The van der Waals surface area contributed by atoms with Crippen LogP contribution >= 0.6 is 11.8 Å². The van der Waals surface area contributed by atoms with Gasteiger partial charge in [0.2, 0.25) is 0 Å². The Morgan fingerprint density at radius 2 is 1.97 bits per heavy atom. The van der Waals surface area contributed by atoms with Crippen LogP contribution in [0.25, 0.3) is 11.3 Å². The number of aryl methyl sites for hydroxylation is 1. The summed E-state index contributed by atoms with van der Waals surface area (Å²) in [7, 11) is 0. The van der Waals surface area contributed by atoms with E-state index in [1.165, 1.54) is 4.90 Å². The molecule has 0 bridgehead atoms. The number of nitrogens with one attached hydrogen (secondary N) is 1. The van der Waals surface area contributed by atoms with Crippen molar-refractivity contribution < 1.29 is 0 Å². The Balaban J connectivity index is 1.42. The molecule has 0 radical (unpaired) electrons. The molecule has 0 fully saturated rings. The standard InChI is InChI=1S/C24H28N4OS/c1-3-5-23-26-22-12-13-28(16-20(22)24(29)27-23)15-17-6-11-21(25-14-17)18-7-9-19(10-8-18)30-4-2/h6-11,14H,3-5,12-13,15-16H2,1-2H3,(H,26,27,29). The van der Waals surface area contributed by atoms with E-state index in [2.05, 4.69) is 70.1 Å². The number of fused-ring (bicyclic) bond motifs is 1. The topological polar surface area (TPSA) is 61.9 Å². The number of benzene rings is 1. The van der Waals surface area contributed by atoms with Crippen molar-refractivity contribution in [3.8, 4) is 11.3 Å². The highest BCUT2D eigenvalue weighted by Gasteiger charge is 2.21. The van der Waals surface area contributed by atoms with Gasteiger partial charge in [0.1, 0.15) is 5.82 Å². The zero-order valence-corrected chi connectivity index (χ0v) is 18.5. The molecule has 1 aliphatic rings. The predicted molar refractivity (Wildman–Crippen MR) is 123 cm³/mol. The molecular weight excluding hydrogens is 392 g/mol. The van der Waals surface area contributed by atoms with Crippen molar-refractivity contribution in [1.29, 1.82) is 0 Å². The van der Waals surface area contributed by atoms with Crippen LogP contribution in [0.4, 0.5) is 0 Å². The molecule has 1 N–H and O–H groups in total. The number of hydrogen-bond donors (Lipinski definition) is 1. The summed E-state index contributed by atoms with van der Waals surface area (Å²) in [4.78, 5) is 28.4. The number of rotatable bonds is 7. The molecule has 6 heteroatoms. The third kappa shape index (κ3) is 4.82. The number of thioether (sulfide) groups is 1. The lowest BCUT2D eigenvalue weighted by Gasteiger charge is -2.27. The number of aromatic nitrogens is 3. The van der Waals surface area contributed by atoms with Gasteiger partial charge in [-0.3, -0.25) is 14.7 Å². The van der Waals surface area contributed by atoms with E-state index in [0.717, 1.165) is 72.0 Å². The fourth-order valence-corrected chi connectivity index (χ4v) is 4.52. The molecule has 0 spiro atoms. The minimum Gasteiger partial charge on any atom is -0.310 e. The summed E-state index contributed by atoms with van der Waals surface area (Å²) in [6.45, 7) is 6.60. The minimum absolute atomic E-state index is 0.0197. The van der Waals surface area contributed by atoms with Gasteiger partial charge in [-0.2, -0.15) is 0 Å². The second kappa shape index (κ2) is 9.58. The summed E-state index contributed by atoms with van der Waals surface area (Å²) >= 11 is 1.85. The van der Waals surface area contributed by atoms with Crippen LogP contribution in [0.3, 0.4) is 0 Å². The molecule has 0 aliphatic carbocycles. The van der Waals surface area contributed by atoms with E-state index in [1.807, 2.05) is 18.0 Å². The molecule has 0 amide bonds. The van der Waals surface area contributed by atoms with Crippen LogP contribution < -0.4 is 5.56 Å². The van der Waals surface area contributed by atoms with Crippen molar-refractivity contribution >= 4 is 11.8 Å². The molecule has 0 saturated carbocycles. The molecular formula is C24H28N4OS. The first-order chi connectivity index (χ1) is 14.7. The molecule has 156 valence electrons. The summed E-state index contributed by atoms with van der Waals surface area (Å²) in [6, 6.07) is 12.8. The maximum absolute atomic E-state index is 12.5. The molecule has 1 aliphatic heterocycles. The van der Waals surface area contributed by atoms with E-state index in [4.69, 9.17) is 0 Å². The fraction of sp³-hybridized carbons (Fsp3) is 0.375.